The van der Waals surface area contributed by atoms with E-state index in [9.17, 15) is 4.79 Å². The molecule has 0 aliphatic rings. The second-order valence-corrected chi connectivity index (χ2v) is 5.15. The van der Waals surface area contributed by atoms with E-state index in [1.54, 1.807) is 0 Å². The van der Waals surface area contributed by atoms with Gasteiger partial charge in [-0.2, -0.15) is 0 Å². The Kier molecular flexibility index (Phi) is 5.03. The molecule has 0 aliphatic carbocycles. The lowest BCUT2D eigenvalue weighted by atomic mass is 9.95. The largest absolute Gasteiger partial charge is 0.494 e. The maximum Gasteiger partial charge on any atom is 0.231 e. The van der Waals surface area contributed by atoms with Gasteiger partial charge in [0.05, 0.1) is 12.0 Å². The van der Waals surface area contributed by atoms with Crippen LogP contribution in [0.15, 0.2) is 18.2 Å². The normalized spacial score (nSPS) is 11.2. The van der Waals surface area contributed by atoms with Crippen LogP contribution < -0.4 is 10.1 Å². The number of rotatable bonds is 5. The van der Waals surface area contributed by atoms with Gasteiger partial charge in [0.1, 0.15) is 5.75 Å². The molecule has 0 bridgehead atoms. The summed E-state index contributed by atoms with van der Waals surface area (Å²) in [6.07, 6.45) is 0. The highest BCUT2D eigenvalue weighted by molar-refractivity contribution is 6.20. The molecule has 0 unspecified atom stereocenters. The molecular weight excluding hydrogens is 250 g/mol. The van der Waals surface area contributed by atoms with Gasteiger partial charge in [0, 0.05) is 11.6 Å². The second kappa shape index (κ2) is 6.10. The lowest BCUT2D eigenvalue weighted by Gasteiger charge is -2.21. The molecule has 1 aromatic rings. The van der Waals surface area contributed by atoms with E-state index in [1.165, 1.54) is 0 Å². The van der Waals surface area contributed by atoms with Crippen molar-refractivity contribution in [2.45, 2.75) is 27.7 Å². The molecule has 0 saturated carbocycles. The number of ether oxygens (including phenoxy) is 1. The first-order chi connectivity index (χ1) is 8.40. The van der Waals surface area contributed by atoms with Gasteiger partial charge in [-0.15, -0.1) is 11.6 Å². The Labute approximate surface area is 113 Å². The van der Waals surface area contributed by atoms with Gasteiger partial charge in [0.15, 0.2) is 0 Å². The summed E-state index contributed by atoms with van der Waals surface area (Å²) in [5.41, 5.74) is 1.19. The third-order valence-corrected chi connectivity index (χ3v) is 3.37. The molecule has 1 N–H and O–H groups in total. The van der Waals surface area contributed by atoms with Crippen molar-refractivity contribution in [3.8, 4) is 5.75 Å². The van der Waals surface area contributed by atoms with Crippen molar-refractivity contribution in [3.63, 3.8) is 0 Å². The minimum atomic E-state index is -0.577. The Morgan fingerprint density at radius 3 is 2.61 bits per heavy atom. The zero-order chi connectivity index (χ0) is 13.8. The topological polar surface area (TPSA) is 38.3 Å². The maximum absolute atomic E-state index is 12.0. The first-order valence-corrected chi connectivity index (χ1v) is 6.55. The van der Waals surface area contributed by atoms with Gasteiger partial charge in [0.2, 0.25) is 5.91 Å². The highest BCUT2D eigenvalue weighted by atomic mass is 35.5. The fraction of sp³-hybridized carbons (Fsp3) is 0.500. The lowest BCUT2D eigenvalue weighted by Crippen LogP contribution is -2.32. The SMILES string of the molecule is CCOc1ccc(NC(=O)C(C)(C)CCl)c(C)c1. The third kappa shape index (κ3) is 3.64. The van der Waals surface area contributed by atoms with Crippen LogP contribution in [0.25, 0.3) is 0 Å². The van der Waals surface area contributed by atoms with Crippen LogP contribution >= 0.6 is 11.6 Å². The molecule has 0 fully saturated rings. The van der Waals surface area contributed by atoms with E-state index in [-0.39, 0.29) is 11.8 Å². The van der Waals surface area contributed by atoms with Crippen LogP contribution in [-0.2, 0) is 4.79 Å². The number of anilines is 1. The quantitative estimate of drug-likeness (QED) is 0.830. The van der Waals surface area contributed by atoms with Gasteiger partial charge < -0.3 is 10.1 Å². The number of alkyl halides is 1. The number of amides is 1. The summed E-state index contributed by atoms with van der Waals surface area (Å²) in [6, 6.07) is 5.61. The molecule has 0 heterocycles. The molecule has 1 amide bonds. The predicted molar refractivity (Wildman–Crippen MR) is 75.5 cm³/mol. The standard InChI is InChI=1S/C14H20ClNO2/c1-5-18-11-6-7-12(10(2)8-11)16-13(17)14(3,4)9-15/h6-8H,5,9H2,1-4H3,(H,16,17). The number of aryl methyl sites for hydroxylation is 1. The molecule has 3 nitrogen and oxygen atoms in total. The summed E-state index contributed by atoms with van der Waals surface area (Å²) in [4.78, 5) is 12.0. The van der Waals surface area contributed by atoms with Gasteiger partial charge in [0.25, 0.3) is 0 Å². The summed E-state index contributed by atoms with van der Waals surface area (Å²) in [6.45, 7) is 8.14. The molecule has 0 saturated heterocycles. The van der Waals surface area contributed by atoms with Crippen LogP contribution in [0.4, 0.5) is 5.69 Å². The van der Waals surface area contributed by atoms with Crippen molar-refractivity contribution in [2.24, 2.45) is 5.41 Å². The Balaban J connectivity index is 2.83. The van der Waals surface area contributed by atoms with Gasteiger partial charge in [-0.05, 0) is 51.5 Å². The average Bonchev–Trinajstić information content (AvgIpc) is 2.32. The zero-order valence-electron chi connectivity index (χ0n) is 11.3. The van der Waals surface area contributed by atoms with Crippen LogP contribution in [0.3, 0.4) is 0 Å². The molecular formula is C14H20ClNO2. The van der Waals surface area contributed by atoms with Crippen LogP contribution in [-0.4, -0.2) is 18.4 Å². The van der Waals surface area contributed by atoms with E-state index in [4.69, 9.17) is 16.3 Å². The number of hydrogen-bond acceptors (Lipinski definition) is 2. The Bertz CT molecular complexity index is 430. The Hall–Kier alpha value is -1.22. The van der Waals surface area contributed by atoms with Crippen molar-refractivity contribution >= 4 is 23.2 Å². The Morgan fingerprint density at radius 2 is 2.11 bits per heavy atom. The first kappa shape index (κ1) is 14.8. The smallest absolute Gasteiger partial charge is 0.231 e. The van der Waals surface area contributed by atoms with E-state index in [0.717, 1.165) is 17.0 Å². The molecule has 0 spiro atoms. The summed E-state index contributed by atoms with van der Waals surface area (Å²) >= 11 is 5.78. The van der Waals surface area contributed by atoms with E-state index in [2.05, 4.69) is 5.32 Å². The van der Waals surface area contributed by atoms with E-state index < -0.39 is 5.41 Å². The van der Waals surface area contributed by atoms with Crippen molar-refractivity contribution in [1.82, 2.24) is 0 Å². The lowest BCUT2D eigenvalue weighted by molar-refractivity contribution is -0.122. The van der Waals surface area contributed by atoms with Crippen molar-refractivity contribution in [1.29, 1.82) is 0 Å². The van der Waals surface area contributed by atoms with Crippen LogP contribution in [0.1, 0.15) is 26.3 Å². The predicted octanol–water partition coefficient (Wildman–Crippen LogP) is 3.60. The molecule has 1 aromatic carbocycles. The summed E-state index contributed by atoms with van der Waals surface area (Å²) in [5.74, 6) is 1.02. The number of nitrogens with one attached hydrogen (secondary N) is 1. The van der Waals surface area contributed by atoms with Gasteiger partial charge in [-0.1, -0.05) is 0 Å². The fourth-order valence-electron chi connectivity index (χ4n) is 1.39. The highest BCUT2D eigenvalue weighted by Crippen LogP contribution is 2.24. The Morgan fingerprint density at radius 1 is 1.44 bits per heavy atom. The molecule has 0 radical (unpaired) electrons. The van der Waals surface area contributed by atoms with Crippen LogP contribution in [0.2, 0.25) is 0 Å². The minimum absolute atomic E-state index is 0.0789. The first-order valence-electron chi connectivity index (χ1n) is 6.01. The summed E-state index contributed by atoms with van der Waals surface area (Å²) in [5, 5.41) is 2.89. The van der Waals surface area contributed by atoms with Gasteiger partial charge in [-0.3, -0.25) is 4.79 Å². The van der Waals surface area contributed by atoms with Crippen LogP contribution in [0.5, 0.6) is 5.75 Å². The van der Waals surface area contributed by atoms with E-state index >= 15 is 0 Å². The molecule has 18 heavy (non-hydrogen) atoms. The summed E-state index contributed by atoms with van der Waals surface area (Å²) < 4.78 is 5.40. The molecule has 4 heteroatoms. The molecule has 1 rings (SSSR count). The molecule has 0 aliphatic heterocycles. The number of hydrogen-bond donors (Lipinski definition) is 1. The zero-order valence-corrected chi connectivity index (χ0v) is 12.1. The second-order valence-electron chi connectivity index (χ2n) is 4.88. The maximum atomic E-state index is 12.0. The fourth-order valence-corrected chi connectivity index (χ4v) is 1.51. The third-order valence-electron chi connectivity index (χ3n) is 2.71. The number of halogens is 1. The number of carbonyl (C=O) groups is 1. The number of carbonyl (C=O) groups excluding carboxylic acids is 1. The van der Waals surface area contributed by atoms with Crippen molar-refractivity contribution < 1.29 is 9.53 Å². The van der Waals surface area contributed by atoms with Gasteiger partial charge >= 0.3 is 0 Å². The minimum Gasteiger partial charge on any atom is -0.494 e. The monoisotopic (exact) mass is 269 g/mol. The van der Waals surface area contributed by atoms with Gasteiger partial charge in [-0.25, -0.2) is 0 Å². The molecule has 100 valence electrons. The average molecular weight is 270 g/mol. The van der Waals surface area contributed by atoms with E-state index in [0.29, 0.717) is 6.61 Å². The number of benzene rings is 1. The highest BCUT2D eigenvalue weighted by Gasteiger charge is 2.26. The van der Waals surface area contributed by atoms with Crippen molar-refractivity contribution in [3.05, 3.63) is 23.8 Å². The van der Waals surface area contributed by atoms with Crippen LogP contribution in [0, 0.1) is 12.3 Å². The molecule has 0 aromatic heterocycles. The van der Waals surface area contributed by atoms with Crippen molar-refractivity contribution in [2.75, 3.05) is 17.8 Å². The van der Waals surface area contributed by atoms with E-state index in [1.807, 2.05) is 45.9 Å². The molecule has 0 atom stereocenters. The summed E-state index contributed by atoms with van der Waals surface area (Å²) in [7, 11) is 0.